The Bertz CT molecular complexity index is 1700. The second kappa shape index (κ2) is 8.80. The second-order valence-electron chi connectivity index (χ2n) is 8.51. The van der Waals surface area contributed by atoms with Crippen LogP contribution in [0.15, 0.2) is 84.0 Å². The molecule has 1 N–H and O–H groups in total. The van der Waals surface area contributed by atoms with Gasteiger partial charge in [0.1, 0.15) is 0 Å². The number of fused-ring (bicyclic) bond motifs is 1. The summed E-state index contributed by atoms with van der Waals surface area (Å²) in [5, 5.41) is 13.1. The van der Waals surface area contributed by atoms with Crippen molar-refractivity contribution in [2.45, 2.75) is 5.60 Å². The van der Waals surface area contributed by atoms with Crippen molar-refractivity contribution < 1.29 is 9.84 Å². The molecule has 8 nitrogen and oxygen atoms in total. The van der Waals surface area contributed by atoms with Crippen molar-refractivity contribution in [3.05, 3.63) is 118 Å². The number of hydrogen-bond acceptors (Lipinski definition) is 5. The highest BCUT2D eigenvalue weighted by Crippen LogP contribution is 2.39. The first-order valence-corrected chi connectivity index (χ1v) is 11.2. The van der Waals surface area contributed by atoms with Crippen LogP contribution in [0.4, 0.5) is 5.69 Å². The lowest BCUT2D eigenvalue weighted by Gasteiger charge is -2.30. The minimum Gasteiger partial charge on any atom is -0.481 e. The molecule has 36 heavy (non-hydrogen) atoms. The molecule has 0 bridgehead atoms. The molecular formula is C28H23N5O3. The first-order chi connectivity index (χ1) is 17.4. The van der Waals surface area contributed by atoms with E-state index < -0.39 is 5.60 Å². The summed E-state index contributed by atoms with van der Waals surface area (Å²) in [7, 11) is 5.07. The number of benzene rings is 2. The molecule has 0 radical (unpaired) electrons. The van der Waals surface area contributed by atoms with Crippen molar-refractivity contribution in [1.82, 2.24) is 19.1 Å². The van der Waals surface area contributed by atoms with Gasteiger partial charge in [-0.15, -0.1) is 0 Å². The molecule has 1 atom stereocenters. The predicted molar refractivity (Wildman–Crippen MR) is 137 cm³/mol. The maximum atomic E-state index is 12.8. The Morgan fingerprint density at radius 2 is 1.78 bits per heavy atom. The van der Waals surface area contributed by atoms with Crippen LogP contribution in [0, 0.1) is 6.57 Å². The van der Waals surface area contributed by atoms with E-state index in [4.69, 9.17) is 11.3 Å². The molecule has 0 amide bonds. The van der Waals surface area contributed by atoms with Gasteiger partial charge >= 0.3 is 0 Å². The van der Waals surface area contributed by atoms with Crippen LogP contribution in [0.5, 0.6) is 5.88 Å². The van der Waals surface area contributed by atoms with Gasteiger partial charge in [-0.25, -0.2) is 14.8 Å². The lowest BCUT2D eigenvalue weighted by molar-refractivity contribution is 0.117. The third-order valence-electron chi connectivity index (χ3n) is 6.47. The van der Waals surface area contributed by atoms with E-state index in [-0.39, 0.29) is 5.56 Å². The van der Waals surface area contributed by atoms with Crippen molar-refractivity contribution >= 4 is 16.6 Å². The molecule has 3 heterocycles. The third kappa shape index (κ3) is 3.63. The topological polar surface area (TPSA) is 86.5 Å². The number of methoxy groups -OCH3 is 1. The minimum absolute atomic E-state index is 0.175. The van der Waals surface area contributed by atoms with Crippen molar-refractivity contribution in [2.24, 2.45) is 14.1 Å². The van der Waals surface area contributed by atoms with Gasteiger partial charge in [0.05, 0.1) is 43.1 Å². The van der Waals surface area contributed by atoms with Gasteiger partial charge in [0, 0.05) is 37.2 Å². The number of rotatable bonds is 5. The largest absolute Gasteiger partial charge is 0.481 e. The van der Waals surface area contributed by atoms with Gasteiger partial charge in [0.25, 0.3) is 5.56 Å². The predicted octanol–water partition coefficient (Wildman–Crippen LogP) is 4.18. The molecule has 0 fully saturated rings. The fraction of sp³-hybridized carbons (Fsp3) is 0.143. The summed E-state index contributed by atoms with van der Waals surface area (Å²) in [6.45, 7) is 7.28. The Morgan fingerprint density at radius 3 is 2.44 bits per heavy atom. The molecule has 0 aliphatic heterocycles. The second-order valence-corrected chi connectivity index (χ2v) is 8.51. The maximum Gasteiger partial charge on any atom is 0.251 e. The minimum atomic E-state index is -1.58. The quantitative estimate of drug-likeness (QED) is 0.384. The smallest absolute Gasteiger partial charge is 0.251 e. The van der Waals surface area contributed by atoms with Gasteiger partial charge in [-0.1, -0.05) is 36.4 Å². The number of aliphatic hydroxyl groups is 1. The van der Waals surface area contributed by atoms with Crippen LogP contribution in [0.2, 0.25) is 0 Å². The molecule has 0 saturated heterocycles. The fourth-order valence-electron chi connectivity index (χ4n) is 4.52. The Kier molecular flexibility index (Phi) is 5.63. The van der Waals surface area contributed by atoms with Crippen LogP contribution >= 0.6 is 0 Å². The van der Waals surface area contributed by atoms with Crippen LogP contribution in [0.25, 0.3) is 27.0 Å². The zero-order valence-electron chi connectivity index (χ0n) is 20.0. The molecule has 0 aliphatic rings. The number of hydrogen-bond donors (Lipinski definition) is 1. The zero-order chi connectivity index (χ0) is 25.4. The highest BCUT2D eigenvalue weighted by Gasteiger charge is 2.37. The van der Waals surface area contributed by atoms with Crippen LogP contribution in [-0.4, -0.2) is 31.3 Å². The van der Waals surface area contributed by atoms with Crippen LogP contribution in [0.1, 0.15) is 16.8 Å². The number of nitrogens with zero attached hydrogens (tertiary/aromatic N) is 5. The molecule has 3 aromatic heterocycles. The fourth-order valence-corrected chi connectivity index (χ4v) is 4.52. The summed E-state index contributed by atoms with van der Waals surface area (Å²) in [4.78, 5) is 25.0. The molecule has 8 heteroatoms. The number of aromatic nitrogens is 4. The summed E-state index contributed by atoms with van der Waals surface area (Å²) in [6.07, 6.45) is 3.25. The maximum absolute atomic E-state index is 12.8. The van der Waals surface area contributed by atoms with Crippen molar-refractivity contribution in [2.75, 3.05) is 7.11 Å². The summed E-state index contributed by atoms with van der Waals surface area (Å²) >= 11 is 0. The normalized spacial score (nSPS) is 12.8. The van der Waals surface area contributed by atoms with Crippen molar-refractivity contribution in [3.8, 4) is 17.1 Å². The third-order valence-corrected chi connectivity index (χ3v) is 6.47. The Hall–Kier alpha value is -4.74. The molecule has 5 rings (SSSR count). The number of ether oxygens (including phenoxy) is 1. The van der Waals surface area contributed by atoms with Crippen LogP contribution < -0.4 is 10.3 Å². The molecule has 0 saturated carbocycles. The standard InChI is InChI=1S/C28H23N5O3/c1-29-20-11-8-18(9-12-20)28(35,25-16-30-17-32(25)2)19-10-13-24-22(14-19)21(15-27(34)33(24)3)23-6-5-7-26(31-23)36-4/h5-17,35H,2-4H3/t28-/m1/s1. The van der Waals surface area contributed by atoms with Crippen molar-refractivity contribution in [1.29, 1.82) is 0 Å². The van der Waals surface area contributed by atoms with E-state index in [1.807, 2.05) is 31.3 Å². The summed E-state index contributed by atoms with van der Waals surface area (Å²) in [5.41, 5.74) is 2.36. The Labute approximate surface area is 207 Å². The lowest BCUT2D eigenvalue weighted by atomic mass is 9.82. The van der Waals surface area contributed by atoms with Gasteiger partial charge in [-0.3, -0.25) is 4.79 Å². The first kappa shape index (κ1) is 23.0. The average Bonchev–Trinajstić information content (AvgIpc) is 3.36. The SMILES string of the molecule is [C-]#[N+]c1ccc([C@@](O)(c2ccc3c(c2)c(-c2cccc(OC)n2)cc(=O)n3C)c2cncn2C)cc1. The van der Waals surface area contributed by atoms with Crippen molar-refractivity contribution in [3.63, 3.8) is 0 Å². The van der Waals surface area contributed by atoms with Gasteiger partial charge in [-0.2, -0.15) is 0 Å². The van der Waals surface area contributed by atoms with E-state index in [1.54, 1.807) is 78.3 Å². The van der Waals surface area contributed by atoms with Gasteiger partial charge < -0.3 is 19.0 Å². The average molecular weight is 478 g/mol. The van der Waals surface area contributed by atoms with Gasteiger partial charge in [0.2, 0.25) is 5.88 Å². The first-order valence-electron chi connectivity index (χ1n) is 11.2. The van der Waals surface area contributed by atoms with Crippen LogP contribution in [0.3, 0.4) is 0 Å². The number of imidazole rings is 1. The molecule has 178 valence electrons. The molecule has 2 aromatic carbocycles. The molecule has 0 spiro atoms. The molecule has 0 unspecified atom stereocenters. The zero-order valence-corrected chi connectivity index (χ0v) is 20.0. The van der Waals surface area contributed by atoms with E-state index in [9.17, 15) is 9.90 Å². The number of pyridine rings is 2. The van der Waals surface area contributed by atoms with E-state index in [0.717, 1.165) is 5.39 Å². The monoisotopic (exact) mass is 477 g/mol. The molecular weight excluding hydrogens is 454 g/mol. The van der Waals surface area contributed by atoms with E-state index in [0.29, 0.717) is 45.2 Å². The highest BCUT2D eigenvalue weighted by atomic mass is 16.5. The Morgan fingerprint density at radius 1 is 1.03 bits per heavy atom. The van der Waals surface area contributed by atoms with E-state index >= 15 is 0 Å². The van der Waals surface area contributed by atoms with Gasteiger partial charge in [0.15, 0.2) is 11.3 Å². The Balaban J connectivity index is 1.82. The summed E-state index contributed by atoms with van der Waals surface area (Å²) < 4.78 is 8.62. The lowest BCUT2D eigenvalue weighted by Crippen LogP contribution is -2.31. The van der Waals surface area contributed by atoms with Crippen LogP contribution in [-0.2, 0) is 19.7 Å². The summed E-state index contributed by atoms with van der Waals surface area (Å²) in [6, 6.07) is 19.3. The van der Waals surface area contributed by atoms with E-state index in [1.165, 1.54) is 0 Å². The molecule has 0 aliphatic carbocycles. The molecule has 5 aromatic rings. The van der Waals surface area contributed by atoms with E-state index in [2.05, 4.69) is 14.8 Å². The summed E-state index contributed by atoms with van der Waals surface area (Å²) in [5.74, 6) is 0.434. The number of aryl methyl sites for hydroxylation is 2. The highest BCUT2D eigenvalue weighted by molar-refractivity contribution is 5.94. The van der Waals surface area contributed by atoms with Gasteiger partial charge in [-0.05, 0) is 29.3 Å².